The highest BCUT2D eigenvalue weighted by atomic mass is 32.2. The Morgan fingerprint density at radius 1 is 1.44 bits per heavy atom. The molecule has 0 aromatic rings. The summed E-state index contributed by atoms with van der Waals surface area (Å²) in [4.78, 5) is 0. The van der Waals surface area contributed by atoms with Crippen LogP contribution in [0.2, 0.25) is 0 Å². The van der Waals surface area contributed by atoms with Crippen molar-refractivity contribution in [2.75, 3.05) is 5.75 Å². The molecular formula is C7H12OS. The number of thiol groups is 1. The second-order valence-electron chi connectivity index (χ2n) is 2.23. The Morgan fingerprint density at radius 3 is 2.44 bits per heavy atom. The zero-order valence-electron chi connectivity index (χ0n) is 5.49. The summed E-state index contributed by atoms with van der Waals surface area (Å²) in [5.74, 6) is 0.919. The molecule has 0 saturated heterocycles. The normalized spacial score (nSPS) is 23.1. The highest BCUT2D eigenvalue weighted by Crippen LogP contribution is 2.32. The minimum Gasteiger partial charge on any atom is -0.393 e. The first-order valence-electron chi connectivity index (χ1n) is 3.08. The zero-order valence-corrected chi connectivity index (χ0v) is 6.38. The Labute approximate surface area is 58.4 Å². The lowest BCUT2D eigenvalue weighted by Crippen LogP contribution is -2.04. The maximum Gasteiger partial charge on any atom is 0.0591 e. The van der Waals surface area contributed by atoms with E-state index in [0.717, 1.165) is 5.75 Å². The Hall–Kier alpha value is -0.210. The number of aliphatic hydroxyl groups is 1. The maximum absolute atomic E-state index is 8.96. The Kier molecular flexibility index (Phi) is 2.37. The fraction of sp³-hybridized carbons (Fsp3) is 0.429. The summed E-state index contributed by atoms with van der Waals surface area (Å²) in [6.45, 7) is 1.84. The van der Waals surface area contributed by atoms with E-state index in [0.29, 0.717) is 0 Å². The fourth-order valence-electron chi connectivity index (χ4n) is 0.797. The third-order valence-corrected chi connectivity index (χ3v) is 3.20. The third kappa shape index (κ3) is 2.24. The first-order valence-corrected chi connectivity index (χ1v) is 4.74. The molecule has 1 rings (SSSR count). The largest absolute Gasteiger partial charge is 0.393 e. The number of aliphatic hydroxyl groups excluding tert-OH is 1. The van der Waals surface area contributed by atoms with Crippen molar-refractivity contribution in [2.45, 2.75) is 13.0 Å². The van der Waals surface area contributed by atoms with Gasteiger partial charge in [0.25, 0.3) is 0 Å². The van der Waals surface area contributed by atoms with E-state index in [1.807, 2.05) is 19.1 Å². The standard InChI is InChI=1S/C7H12OS/c1-7(8)6-9-4-2-3-5-9/h2-5,7-9H,6H2,1H3. The Balaban J connectivity index is 2.29. The highest BCUT2D eigenvalue weighted by molar-refractivity contribution is 8.22. The first kappa shape index (κ1) is 6.90. The minimum atomic E-state index is -0.150. The molecule has 1 nitrogen and oxygen atoms in total. The Bertz CT molecular complexity index is 126. The lowest BCUT2D eigenvalue weighted by Gasteiger charge is -2.10. The van der Waals surface area contributed by atoms with E-state index in [1.165, 1.54) is 0 Å². The predicted octanol–water partition coefficient (Wildman–Crippen LogP) is 1.41. The van der Waals surface area contributed by atoms with Crippen molar-refractivity contribution >= 4 is 10.9 Å². The average molecular weight is 144 g/mol. The predicted molar refractivity (Wildman–Crippen MR) is 43.8 cm³/mol. The first-order chi connectivity index (χ1) is 4.29. The summed E-state index contributed by atoms with van der Waals surface area (Å²) in [5, 5.41) is 13.3. The lowest BCUT2D eigenvalue weighted by atomic mass is 10.5. The molecule has 52 valence electrons. The molecule has 1 aliphatic heterocycles. The quantitative estimate of drug-likeness (QED) is 0.561. The minimum absolute atomic E-state index is 0.0957. The third-order valence-electron chi connectivity index (χ3n) is 1.14. The van der Waals surface area contributed by atoms with Crippen LogP contribution < -0.4 is 0 Å². The molecule has 1 unspecified atom stereocenters. The van der Waals surface area contributed by atoms with Crippen molar-refractivity contribution in [3.05, 3.63) is 23.0 Å². The van der Waals surface area contributed by atoms with Crippen molar-refractivity contribution in [3.63, 3.8) is 0 Å². The number of hydrogen-bond acceptors (Lipinski definition) is 1. The molecule has 9 heavy (non-hydrogen) atoms. The van der Waals surface area contributed by atoms with Crippen LogP contribution in [0.15, 0.2) is 23.0 Å². The van der Waals surface area contributed by atoms with Crippen LogP contribution in [-0.2, 0) is 0 Å². The van der Waals surface area contributed by atoms with Crippen LogP contribution >= 0.6 is 10.9 Å². The van der Waals surface area contributed by atoms with Gasteiger partial charge in [-0.2, -0.15) is 0 Å². The van der Waals surface area contributed by atoms with Gasteiger partial charge in [0.05, 0.1) is 6.10 Å². The van der Waals surface area contributed by atoms with Crippen molar-refractivity contribution in [3.8, 4) is 0 Å². The van der Waals surface area contributed by atoms with E-state index in [4.69, 9.17) is 5.11 Å². The maximum atomic E-state index is 8.96. The zero-order chi connectivity index (χ0) is 6.69. The van der Waals surface area contributed by atoms with Crippen LogP contribution in [0.5, 0.6) is 0 Å². The van der Waals surface area contributed by atoms with Gasteiger partial charge in [0, 0.05) is 5.75 Å². The summed E-state index contributed by atoms with van der Waals surface area (Å²) >= 11 is 0. The number of rotatable bonds is 2. The average Bonchev–Trinajstić information content (AvgIpc) is 2.15. The molecule has 1 heterocycles. The topological polar surface area (TPSA) is 20.2 Å². The molecule has 1 atom stereocenters. The molecule has 0 aliphatic carbocycles. The van der Waals surface area contributed by atoms with Gasteiger partial charge in [0.15, 0.2) is 0 Å². The van der Waals surface area contributed by atoms with Gasteiger partial charge in [-0.3, -0.25) is 0 Å². The number of hydrogen-bond donors (Lipinski definition) is 2. The molecule has 0 spiro atoms. The van der Waals surface area contributed by atoms with Gasteiger partial charge >= 0.3 is 0 Å². The van der Waals surface area contributed by atoms with Crippen LogP contribution in [0.1, 0.15) is 6.92 Å². The molecule has 1 aliphatic rings. The van der Waals surface area contributed by atoms with E-state index in [1.54, 1.807) is 0 Å². The fourth-order valence-corrected chi connectivity index (χ4v) is 2.39. The lowest BCUT2D eigenvalue weighted by molar-refractivity contribution is 0.220. The van der Waals surface area contributed by atoms with Gasteiger partial charge in [-0.15, -0.1) is 0 Å². The van der Waals surface area contributed by atoms with Gasteiger partial charge in [-0.25, -0.2) is 10.9 Å². The highest BCUT2D eigenvalue weighted by Gasteiger charge is 2.01. The van der Waals surface area contributed by atoms with E-state index >= 15 is 0 Å². The SMILES string of the molecule is CC(O)C[SH]1C=CC=C1. The molecule has 0 radical (unpaired) electrons. The second-order valence-corrected chi connectivity index (χ2v) is 4.22. The number of allylic oxidation sites excluding steroid dienone is 2. The molecule has 0 fully saturated rings. The molecule has 0 aromatic heterocycles. The van der Waals surface area contributed by atoms with Crippen molar-refractivity contribution in [2.24, 2.45) is 0 Å². The van der Waals surface area contributed by atoms with Crippen LogP contribution in [0.4, 0.5) is 0 Å². The molecule has 0 aromatic carbocycles. The van der Waals surface area contributed by atoms with Crippen LogP contribution in [0.3, 0.4) is 0 Å². The van der Waals surface area contributed by atoms with Crippen LogP contribution in [0, 0.1) is 0 Å². The van der Waals surface area contributed by atoms with Gasteiger partial charge in [0.1, 0.15) is 0 Å². The van der Waals surface area contributed by atoms with E-state index in [-0.39, 0.29) is 17.0 Å². The van der Waals surface area contributed by atoms with Crippen LogP contribution in [0.25, 0.3) is 0 Å². The van der Waals surface area contributed by atoms with E-state index in [2.05, 4.69) is 10.8 Å². The second kappa shape index (κ2) is 3.08. The van der Waals surface area contributed by atoms with E-state index < -0.39 is 0 Å². The van der Waals surface area contributed by atoms with Gasteiger partial charge in [-0.1, -0.05) is 12.2 Å². The van der Waals surface area contributed by atoms with Crippen LogP contribution in [-0.4, -0.2) is 17.0 Å². The molecule has 0 bridgehead atoms. The van der Waals surface area contributed by atoms with Crippen molar-refractivity contribution in [1.82, 2.24) is 0 Å². The monoisotopic (exact) mass is 144 g/mol. The summed E-state index contributed by atoms with van der Waals surface area (Å²) in [6.07, 6.45) is 3.95. The van der Waals surface area contributed by atoms with Crippen molar-refractivity contribution in [1.29, 1.82) is 0 Å². The van der Waals surface area contributed by atoms with E-state index in [9.17, 15) is 0 Å². The van der Waals surface area contributed by atoms with Gasteiger partial charge < -0.3 is 5.11 Å². The molecule has 2 heteroatoms. The summed E-state index contributed by atoms with van der Waals surface area (Å²) in [6, 6.07) is 0. The summed E-state index contributed by atoms with van der Waals surface area (Å²) in [5.41, 5.74) is 0. The molecule has 1 N–H and O–H groups in total. The van der Waals surface area contributed by atoms with Gasteiger partial charge in [-0.05, 0) is 17.7 Å². The summed E-state index contributed by atoms with van der Waals surface area (Å²) < 4.78 is 0. The smallest absolute Gasteiger partial charge is 0.0591 e. The van der Waals surface area contributed by atoms with Gasteiger partial charge in [0.2, 0.25) is 0 Å². The molecule has 0 saturated carbocycles. The van der Waals surface area contributed by atoms with Crippen molar-refractivity contribution < 1.29 is 5.11 Å². The molecular weight excluding hydrogens is 132 g/mol. The summed E-state index contributed by atoms with van der Waals surface area (Å²) in [7, 11) is -0.0957. The molecule has 0 amide bonds. The Morgan fingerprint density at radius 2 is 2.00 bits per heavy atom.